The van der Waals surface area contributed by atoms with Crippen molar-refractivity contribution in [3.63, 3.8) is 0 Å². The quantitative estimate of drug-likeness (QED) is 0.592. The van der Waals surface area contributed by atoms with Gasteiger partial charge in [-0.25, -0.2) is 13.1 Å². The summed E-state index contributed by atoms with van der Waals surface area (Å²) in [6.45, 7) is 4.78. The molecule has 0 saturated carbocycles. The minimum absolute atomic E-state index is 0.0683. The summed E-state index contributed by atoms with van der Waals surface area (Å²) < 4.78 is 24.1. The monoisotopic (exact) mass is 280 g/mol. The van der Waals surface area contributed by atoms with Crippen LogP contribution in [0.1, 0.15) is 33.6 Å². The standard InChI is InChI=1S/C10H20N2O5S/c1-7(12-18(4,16)17)9(15)11-10(2,3)6-5-8(13)14/h7,12H,5-6H2,1-4H3,(H,11,15)(H,13,14). The van der Waals surface area contributed by atoms with Crippen LogP contribution in [-0.4, -0.2) is 43.2 Å². The van der Waals surface area contributed by atoms with Crippen LogP contribution in [-0.2, 0) is 19.6 Å². The molecule has 0 aromatic heterocycles. The minimum atomic E-state index is -3.45. The lowest BCUT2D eigenvalue weighted by atomic mass is 9.98. The summed E-state index contributed by atoms with van der Waals surface area (Å²) in [5, 5.41) is 11.2. The smallest absolute Gasteiger partial charge is 0.303 e. The molecule has 0 aliphatic rings. The van der Waals surface area contributed by atoms with Crippen molar-refractivity contribution in [2.75, 3.05) is 6.26 Å². The zero-order chi connectivity index (χ0) is 14.6. The van der Waals surface area contributed by atoms with Crippen LogP contribution >= 0.6 is 0 Å². The van der Waals surface area contributed by atoms with Gasteiger partial charge in [0, 0.05) is 12.0 Å². The van der Waals surface area contributed by atoms with Gasteiger partial charge >= 0.3 is 5.97 Å². The van der Waals surface area contributed by atoms with Gasteiger partial charge in [0.2, 0.25) is 15.9 Å². The average molecular weight is 280 g/mol. The number of hydrogen-bond donors (Lipinski definition) is 3. The highest BCUT2D eigenvalue weighted by molar-refractivity contribution is 7.88. The molecule has 0 aromatic carbocycles. The van der Waals surface area contributed by atoms with E-state index in [-0.39, 0.29) is 12.8 Å². The van der Waals surface area contributed by atoms with Gasteiger partial charge in [0.25, 0.3) is 0 Å². The highest BCUT2D eigenvalue weighted by Crippen LogP contribution is 2.11. The van der Waals surface area contributed by atoms with Crippen molar-refractivity contribution in [3.05, 3.63) is 0 Å². The van der Waals surface area contributed by atoms with Crippen molar-refractivity contribution in [1.29, 1.82) is 0 Å². The molecule has 0 aliphatic heterocycles. The topological polar surface area (TPSA) is 113 Å². The molecule has 18 heavy (non-hydrogen) atoms. The molecular weight excluding hydrogens is 260 g/mol. The van der Waals surface area contributed by atoms with Crippen molar-refractivity contribution < 1.29 is 23.1 Å². The van der Waals surface area contributed by atoms with Crippen molar-refractivity contribution in [2.45, 2.75) is 45.2 Å². The SMILES string of the molecule is CC(NS(C)(=O)=O)C(=O)NC(C)(C)CCC(=O)O. The first-order chi connectivity index (χ1) is 7.93. The molecule has 0 spiro atoms. The molecule has 0 aromatic rings. The predicted molar refractivity (Wildman–Crippen MR) is 66.5 cm³/mol. The molecule has 1 atom stereocenters. The van der Waals surface area contributed by atoms with Crippen LogP contribution in [0.5, 0.6) is 0 Å². The second-order valence-electron chi connectivity index (χ2n) is 4.88. The van der Waals surface area contributed by atoms with E-state index >= 15 is 0 Å². The molecule has 0 fully saturated rings. The Morgan fingerprint density at radius 2 is 1.83 bits per heavy atom. The Labute approximate surface area is 107 Å². The Morgan fingerprint density at radius 1 is 1.33 bits per heavy atom. The van der Waals surface area contributed by atoms with Crippen LogP contribution in [0.2, 0.25) is 0 Å². The Bertz CT molecular complexity index is 416. The minimum Gasteiger partial charge on any atom is -0.481 e. The summed E-state index contributed by atoms with van der Waals surface area (Å²) in [5.41, 5.74) is -0.705. The van der Waals surface area contributed by atoms with Crippen LogP contribution in [0.15, 0.2) is 0 Å². The first kappa shape index (κ1) is 16.9. The number of carbonyl (C=O) groups excluding carboxylic acids is 1. The normalized spacial score (nSPS) is 14.0. The summed E-state index contributed by atoms with van der Waals surface area (Å²) in [5.74, 6) is -1.43. The first-order valence-electron chi connectivity index (χ1n) is 5.44. The zero-order valence-electron chi connectivity index (χ0n) is 11.0. The fraction of sp³-hybridized carbons (Fsp3) is 0.800. The molecule has 0 rings (SSSR count). The fourth-order valence-corrected chi connectivity index (χ4v) is 2.05. The fourth-order valence-electron chi connectivity index (χ4n) is 1.30. The number of carbonyl (C=O) groups is 2. The van der Waals surface area contributed by atoms with E-state index in [2.05, 4.69) is 10.0 Å². The molecule has 1 unspecified atom stereocenters. The van der Waals surface area contributed by atoms with E-state index in [9.17, 15) is 18.0 Å². The summed E-state index contributed by atoms with van der Waals surface area (Å²) in [7, 11) is -3.45. The predicted octanol–water partition coefficient (Wildman–Crippen LogP) is -0.316. The van der Waals surface area contributed by atoms with Gasteiger partial charge in [-0.1, -0.05) is 0 Å². The molecular formula is C10H20N2O5S. The molecule has 0 aliphatic carbocycles. The lowest BCUT2D eigenvalue weighted by Gasteiger charge is -2.27. The molecule has 0 bridgehead atoms. The van der Waals surface area contributed by atoms with Gasteiger partial charge in [0.15, 0.2) is 0 Å². The number of sulfonamides is 1. The lowest BCUT2D eigenvalue weighted by Crippen LogP contribution is -2.52. The number of carboxylic acid groups (broad SMARTS) is 1. The maximum Gasteiger partial charge on any atom is 0.303 e. The van der Waals surface area contributed by atoms with Gasteiger partial charge in [-0.2, -0.15) is 0 Å². The van der Waals surface area contributed by atoms with Gasteiger partial charge in [0.05, 0.1) is 12.3 Å². The average Bonchev–Trinajstić information content (AvgIpc) is 2.11. The molecule has 3 N–H and O–H groups in total. The first-order valence-corrected chi connectivity index (χ1v) is 7.33. The van der Waals surface area contributed by atoms with E-state index in [4.69, 9.17) is 5.11 Å². The van der Waals surface area contributed by atoms with Crippen LogP contribution < -0.4 is 10.0 Å². The summed E-state index contributed by atoms with van der Waals surface area (Å²) in [6, 6.07) is -0.899. The largest absolute Gasteiger partial charge is 0.481 e. The molecule has 0 saturated heterocycles. The Balaban J connectivity index is 4.41. The number of carboxylic acids is 1. The van der Waals surface area contributed by atoms with E-state index in [0.29, 0.717) is 0 Å². The molecule has 0 heterocycles. The van der Waals surface area contributed by atoms with Crippen molar-refractivity contribution in [2.24, 2.45) is 0 Å². The van der Waals surface area contributed by atoms with Gasteiger partial charge in [0.1, 0.15) is 0 Å². The highest BCUT2D eigenvalue weighted by atomic mass is 32.2. The van der Waals surface area contributed by atoms with E-state index < -0.39 is 33.5 Å². The number of nitrogens with one attached hydrogen (secondary N) is 2. The van der Waals surface area contributed by atoms with E-state index in [1.807, 2.05) is 0 Å². The third-order valence-corrected chi connectivity index (χ3v) is 2.99. The zero-order valence-corrected chi connectivity index (χ0v) is 11.8. The van der Waals surface area contributed by atoms with Crippen LogP contribution in [0.25, 0.3) is 0 Å². The maximum atomic E-state index is 11.7. The maximum absolute atomic E-state index is 11.7. The van der Waals surface area contributed by atoms with Crippen molar-refractivity contribution >= 4 is 21.9 Å². The Kier molecular flexibility index (Phi) is 5.75. The number of hydrogen-bond acceptors (Lipinski definition) is 4. The van der Waals surface area contributed by atoms with E-state index in [1.54, 1.807) is 13.8 Å². The second kappa shape index (κ2) is 6.14. The van der Waals surface area contributed by atoms with Crippen LogP contribution in [0.3, 0.4) is 0 Å². The van der Waals surface area contributed by atoms with Crippen molar-refractivity contribution in [1.82, 2.24) is 10.0 Å². The van der Waals surface area contributed by atoms with Gasteiger partial charge in [-0.05, 0) is 27.2 Å². The highest BCUT2D eigenvalue weighted by Gasteiger charge is 2.25. The Morgan fingerprint density at radius 3 is 2.22 bits per heavy atom. The van der Waals surface area contributed by atoms with Crippen LogP contribution in [0.4, 0.5) is 0 Å². The summed E-state index contributed by atoms with van der Waals surface area (Å²) in [6.07, 6.45) is 1.16. The molecule has 1 amide bonds. The molecule has 8 heteroatoms. The molecule has 106 valence electrons. The lowest BCUT2D eigenvalue weighted by molar-refractivity contribution is -0.137. The molecule has 7 nitrogen and oxygen atoms in total. The number of aliphatic carboxylic acids is 1. The number of amides is 1. The molecule has 0 radical (unpaired) electrons. The van der Waals surface area contributed by atoms with Gasteiger partial charge in [-0.15, -0.1) is 0 Å². The van der Waals surface area contributed by atoms with Crippen LogP contribution in [0, 0.1) is 0 Å². The van der Waals surface area contributed by atoms with E-state index in [1.165, 1.54) is 6.92 Å². The number of rotatable bonds is 7. The Hall–Kier alpha value is -1.15. The second-order valence-corrected chi connectivity index (χ2v) is 6.66. The summed E-state index contributed by atoms with van der Waals surface area (Å²) in [4.78, 5) is 22.1. The van der Waals surface area contributed by atoms with E-state index in [0.717, 1.165) is 6.26 Å². The van der Waals surface area contributed by atoms with Crippen molar-refractivity contribution in [3.8, 4) is 0 Å². The third-order valence-electron chi connectivity index (χ3n) is 2.21. The third kappa shape index (κ3) is 8.02. The van der Waals surface area contributed by atoms with Gasteiger partial charge < -0.3 is 10.4 Å². The van der Waals surface area contributed by atoms with Gasteiger partial charge in [-0.3, -0.25) is 9.59 Å². The summed E-state index contributed by atoms with van der Waals surface area (Å²) >= 11 is 0.